The molecule has 0 aliphatic carbocycles. The molecule has 1 saturated heterocycles. The standard InChI is InChI=1S/C10H21NO3S/c1-14-9-10-5-3-6-11(10)7-4-8-15(2,12)13/h10H,3-9H2,1-2H3/t10-/m1/s1. The van der Waals surface area contributed by atoms with Gasteiger partial charge < -0.3 is 4.74 Å². The highest BCUT2D eigenvalue weighted by atomic mass is 32.2. The van der Waals surface area contributed by atoms with Crippen molar-refractivity contribution in [2.24, 2.45) is 0 Å². The zero-order valence-corrected chi connectivity index (χ0v) is 10.4. The summed E-state index contributed by atoms with van der Waals surface area (Å²) in [4.78, 5) is 2.34. The Balaban J connectivity index is 2.25. The summed E-state index contributed by atoms with van der Waals surface area (Å²) in [5, 5.41) is 0. The number of ether oxygens (including phenoxy) is 1. The summed E-state index contributed by atoms with van der Waals surface area (Å²) >= 11 is 0. The van der Waals surface area contributed by atoms with Crippen molar-refractivity contribution in [1.82, 2.24) is 4.90 Å². The van der Waals surface area contributed by atoms with Crippen molar-refractivity contribution >= 4 is 9.84 Å². The Morgan fingerprint density at radius 2 is 2.20 bits per heavy atom. The molecule has 1 fully saturated rings. The van der Waals surface area contributed by atoms with Gasteiger partial charge in [0.2, 0.25) is 0 Å². The van der Waals surface area contributed by atoms with E-state index < -0.39 is 9.84 Å². The van der Waals surface area contributed by atoms with Crippen molar-refractivity contribution < 1.29 is 13.2 Å². The summed E-state index contributed by atoms with van der Waals surface area (Å²) in [6, 6.07) is 0.495. The maximum absolute atomic E-state index is 11.0. The van der Waals surface area contributed by atoms with E-state index in [4.69, 9.17) is 4.74 Å². The minimum Gasteiger partial charge on any atom is -0.383 e. The molecule has 1 rings (SSSR count). The zero-order valence-electron chi connectivity index (χ0n) is 9.61. The highest BCUT2D eigenvalue weighted by Gasteiger charge is 2.23. The summed E-state index contributed by atoms with van der Waals surface area (Å²) in [7, 11) is -1.09. The number of likely N-dealkylation sites (tertiary alicyclic amines) is 1. The molecule has 1 heterocycles. The molecule has 15 heavy (non-hydrogen) atoms. The molecule has 0 N–H and O–H groups in total. The SMILES string of the molecule is COC[C@H]1CCCN1CCCS(C)(=O)=O. The lowest BCUT2D eigenvalue weighted by atomic mass is 10.2. The minimum absolute atomic E-state index is 0.295. The van der Waals surface area contributed by atoms with E-state index in [1.807, 2.05) is 0 Å². The molecule has 0 aromatic rings. The second-order valence-corrected chi connectivity index (χ2v) is 6.53. The lowest BCUT2D eigenvalue weighted by molar-refractivity contribution is 0.116. The highest BCUT2D eigenvalue weighted by molar-refractivity contribution is 7.90. The van der Waals surface area contributed by atoms with Gasteiger partial charge in [0.15, 0.2) is 0 Å². The Kier molecular flexibility index (Phi) is 5.02. The summed E-state index contributed by atoms with van der Waals surface area (Å²) in [6.45, 7) is 2.72. The van der Waals surface area contributed by atoms with Crippen LogP contribution >= 0.6 is 0 Å². The Morgan fingerprint density at radius 1 is 1.47 bits per heavy atom. The molecule has 0 saturated carbocycles. The molecule has 0 unspecified atom stereocenters. The molecule has 0 radical (unpaired) electrons. The molecule has 0 aromatic carbocycles. The fourth-order valence-electron chi connectivity index (χ4n) is 2.10. The minimum atomic E-state index is -2.80. The first-order valence-corrected chi connectivity index (χ1v) is 7.49. The second-order valence-electron chi connectivity index (χ2n) is 4.27. The number of hydrogen-bond donors (Lipinski definition) is 0. The van der Waals surface area contributed by atoms with Gasteiger partial charge in [-0.15, -0.1) is 0 Å². The molecule has 90 valence electrons. The average Bonchev–Trinajstić information content (AvgIpc) is 2.51. The largest absolute Gasteiger partial charge is 0.383 e. The van der Waals surface area contributed by atoms with Crippen LogP contribution in [0.15, 0.2) is 0 Å². The van der Waals surface area contributed by atoms with Crippen molar-refractivity contribution in [3.8, 4) is 0 Å². The lowest BCUT2D eigenvalue weighted by Crippen LogP contribution is -2.34. The summed E-state index contributed by atoms with van der Waals surface area (Å²) in [5.74, 6) is 0.295. The summed E-state index contributed by atoms with van der Waals surface area (Å²) in [5.41, 5.74) is 0. The number of rotatable bonds is 6. The van der Waals surface area contributed by atoms with Crippen molar-refractivity contribution in [2.45, 2.75) is 25.3 Å². The molecule has 0 aromatic heterocycles. The third kappa shape index (κ3) is 4.95. The van der Waals surface area contributed by atoms with Gasteiger partial charge in [-0.3, -0.25) is 4.90 Å². The molecular formula is C10H21NO3S. The number of sulfone groups is 1. The van der Waals surface area contributed by atoms with Crippen LogP contribution < -0.4 is 0 Å². The van der Waals surface area contributed by atoms with Crippen LogP contribution in [0, 0.1) is 0 Å². The van der Waals surface area contributed by atoms with E-state index >= 15 is 0 Å². The van der Waals surface area contributed by atoms with Crippen molar-refractivity contribution in [3.05, 3.63) is 0 Å². The van der Waals surface area contributed by atoms with Gasteiger partial charge in [-0.25, -0.2) is 8.42 Å². The first-order valence-electron chi connectivity index (χ1n) is 5.43. The van der Waals surface area contributed by atoms with E-state index in [1.54, 1.807) is 7.11 Å². The quantitative estimate of drug-likeness (QED) is 0.674. The molecule has 1 aliphatic rings. The van der Waals surface area contributed by atoms with Crippen LogP contribution in [0.5, 0.6) is 0 Å². The van der Waals surface area contributed by atoms with Crippen molar-refractivity contribution in [1.29, 1.82) is 0 Å². The van der Waals surface area contributed by atoms with Crippen LogP contribution in [0.3, 0.4) is 0 Å². The number of methoxy groups -OCH3 is 1. The monoisotopic (exact) mass is 235 g/mol. The van der Waals surface area contributed by atoms with E-state index in [9.17, 15) is 8.42 Å². The Hall–Kier alpha value is -0.130. The van der Waals surface area contributed by atoms with E-state index in [0.717, 1.165) is 26.1 Å². The number of hydrogen-bond acceptors (Lipinski definition) is 4. The molecule has 0 bridgehead atoms. The van der Waals surface area contributed by atoms with E-state index in [-0.39, 0.29) is 0 Å². The van der Waals surface area contributed by atoms with Gasteiger partial charge in [0, 0.05) is 19.4 Å². The van der Waals surface area contributed by atoms with Crippen LogP contribution in [0.2, 0.25) is 0 Å². The molecule has 4 nitrogen and oxygen atoms in total. The van der Waals surface area contributed by atoms with Crippen molar-refractivity contribution in [2.75, 3.05) is 38.8 Å². The Labute approximate surface area is 92.5 Å². The molecule has 1 atom stereocenters. The third-order valence-corrected chi connectivity index (χ3v) is 3.85. The van der Waals surface area contributed by atoms with E-state index in [1.165, 1.54) is 19.1 Å². The van der Waals surface area contributed by atoms with Gasteiger partial charge in [-0.1, -0.05) is 0 Å². The van der Waals surface area contributed by atoms with Crippen LogP contribution in [0.1, 0.15) is 19.3 Å². The predicted octanol–water partition coefficient (Wildman–Crippen LogP) is 0.532. The Morgan fingerprint density at radius 3 is 2.80 bits per heavy atom. The summed E-state index contributed by atoms with van der Waals surface area (Å²) < 4.78 is 27.1. The maximum Gasteiger partial charge on any atom is 0.147 e. The smallest absolute Gasteiger partial charge is 0.147 e. The van der Waals surface area contributed by atoms with E-state index in [2.05, 4.69) is 4.90 Å². The van der Waals surface area contributed by atoms with Crippen molar-refractivity contribution in [3.63, 3.8) is 0 Å². The zero-order chi connectivity index (χ0) is 11.3. The highest BCUT2D eigenvalue weighted by Crippen LogP contribution is 2.17. The molecule has 0 spiro atoms. The maximum atomic E-state index is 11.0. The Bertz CT molecular complexity index is 276. The van der Waals surface area contributed by atoms with Crippen LogP contribution in [0.4, 0.5) is 0 Å². The predicted molar refractivity (Wildman–Crippen MR) is 60.8 cm³/mol. The fraction of sp³-hybridized carbons (Fsp3) is 1.00. The van der Waals surface area contributed by atoms with Gasteiger partial charge in [0.1, 0.15) is 9.84 Å². The van der Waals surface area contributed by atoms with Gasteiger partial charge in [0.25, 0.3) is 0 Å². The first-order chi connectivity index (χ1) is 7.03. The fourth-order valence-corrected chi connectivity index (χ4v) is 2.75. The topological polar surface area (TPSA) is 46.6 Å². The molecule has 1 aliphatic heterocycles. The van der Waals surface area contributed by atoms with Crippen LogP contribution in [0.25, 0.3) is 0 Å². The van der Waals surface area contributed by atoms with E-state index in [0.29, 0.717) is 11.8 Å². The van der Waals surface area contributed by atoms with Gasteiger partial charge in [0.05, 0.1) is 12.4 Å². The first kappa shape index (κ1) is 12.9. The van der Waals surface area contributed by atoms with Gasteiger partial charge in [-0.05, 0) is 32.4 Å². The molecule has 5 heteroatoms. The normalized spacial score (nSPS) is 23.5. The molecule has 0 amide bonds. The average molecular weight is 235 g/mol. The lowest BCUT2D eigenvalue weighted by Gasteiger charge is -2.23. The van der Waals surface area contributed by atoms with Crippen LogP contribution in [-0.2, 0) is 14.6 Å². The third-order valence-electron chi connectivity index (χ3n) is 2.82. The molecular weight excluding hydrogens is 214 g/mol. The van der Waals surface area contributed by atoms with Crippen LogP contribution in [-0.4, -0.2) is 58.2 Å². The van der Waals surface area contributed by atoms with Gasteiger partial charge >= 0.3 is 0 Å². The van der Waals surface area contributed by atoms with Gasteiger partial charge in [-0.2, -0.15) is 0 Å². The summed E-state index contributed by atoms with van der Waals surface area (Å²) in [6.07, 6.45) is 4.41. The number of nitrogens with zero attached hydrogens (tertiary/aromatic N) is 1. The second kappa shape index (κ2) is 5.82.